The second-order valence-electron chi connectivity index (χ2n) is 12.4. The minimum atomic E-state index is -0.325. The van der Waals surface area contributed by atoms with E-state index in [1.54, 1.807) is 0 Å². The first-order valence-corrected chi connectivity index (χ1v) is 17.3. The molecule has 0 saturated heterocycles. The molecule has 220 valence electrons. The summed E-state index contributed by atoms with van der Waals surface area (Å²) in [5.41, 5.74) is 12.8. The molecule has 2 heteroatoms. The van der Waals surface area contributed by atoms with Crippen molar-refractivity contribution in [2.45, 2.75) is 16.7 Å². The highest BCUT2D eigenvalue weighted by atomic mass is 32.2. The second-order valence-corrected chi connectivity index (χ2v) is 13.2. The SMILES string of the molecule is CSc1ccccc1C1(c2ccccc2)c2cc3c(cc2C2=CC=CCC21)c1ccccc1n3-c1cccc(-c2ccccc2)c1. The molecule has 0 aliphatic heterocycles. The normalized spacial score (nSPS) is 18.5. The van der Waals surface area contributed by atoms with Gasteiger partial charge in [-0.05, 0) is 88.0 Å². The molecular weight excluding hydrogens is 575 g/mol. The third-order valence-electron chi connectivity index (χ3n) is 10.2. The van der Waals surface area contributed by atoms with Gasteiger partial charge in [-0.15, -0.1) is 11.8 Å². The summed E-state index contributed by atoms with van der Waals surface area (Å²) >= 11 is 1.85. The smallest absolute Gasteiger partial charge is 0.0544 e. The molecule has 1 aromatic heterocycles. The number of fused-ring (bicyclic) bond motifs is 6. The molecule has 2 aliphatic rings. The van der Waals surface area contributed by atoms with Crippen LogP contribution < -0.4 is 0 Å². The Morgan fingerprint density at radius 2 is 1.37 bits per heavy atom. The first-order valence-electron chi connectivity index (χ1n) is 16.1. The fourth-order valence-electron chi connectivity index (χ4n) is 8.33. The number of hydrogen-bond acceptors (Lipinski definition) is 1. The van der Waals surface area contributed by atoms with Gasteiger partial charge in [0.15, 0.2) is 0 Å². The summed E-state index contributed by atoms with van der Waals surface area (Å²) in [6, 6.07) is 54.0. The lowest BCUT2D eigenvalue weighted by Crippen LogP contribution is -2.35. The van der Waals surface area contributed by atoms with Crippen LogP contribution in [0.3, 0.4) is 0 Å². The Hall–Kier alpha value is -5.05. The number of hydrogen-bond donors (Lipinski definition) is 0. The van der Waals surface area contributed by atoms with E-state index in [1.807, 2.05) is 11.8 Å². The number of rotatable bonds is 5. The second kappa shape index (κ2) is 10.8. The van der Waals surface area contributed by atoms with E-state index >= 15 is 0 Å². The number of benzene rings is 6. The van der Waals surface area contributed by atoms with E-state index < -0.39 is 0 Å². The number of para-hydroxylation sites is 1. The average molecular weight is 608 g/mol. The summed E-state index contributed by atoms with van der Waals surface area (Å²) in [5, 5.41) is 2.59. The van der Waals surface area contributed by atoms with Crippen LogP contribution in [-0.4, -0.2) is 10.8 Å². The van der Waals surface area contributed by atoms with Crippen molar-refractivity contribution in [3.8, 4) is 16.8 Å². The molecule has 6 aromatic carbocycles. The fraction of sp³-hybridized carbons (Fsp3) is 0.0909. The quantitative estimate of drug-likeness (QED) is 0.176. The molecular formula is C44H33NS. The third kappa shape index (κ3) is 3.90. The van der Waals surface area contributed by atoms with Gasteiger partial charge in [-0.2, -0.15) is 0 Å². The van der Waals surface area contributed by atoms with Crippen LogP contribution in [0.4, 0.5) is 0 Å². The van der Waals surface area contributed by atoms with Gasteiger partial charge in [0.2, 0.25) is 0 Å². The zero-order valence-electron chi connectivity index (χ0n) is 25.7. The number of nitrogens with zero attached hydrogens (tertiary/aromatic N) is 1. The third-order valence-corrected chi connectivity index (χ3v) is 11.0. The van der Waals surface area contributed by atoms with Crippen LogP contribution in [0.1, 0.15) is 28.7 Å². The molecule has 0 amide bonds. The van der Waals surface area contributed by atoms with E-state index in [1.165, 1.54) is 71.3 Å². The summed E-state index contributed by atoms with van der Waals surface area (Å²) in [6.07, 6.45) is 10.2. The summed E-state index contributed by atoms with van der Waals surface area (Å²) < 4.78 is 2.49. The standard InChI is InChI=1S/C44H33NS/c1-46-43-26-13-11-24-39(43)44(32-18-6-3-7-19-32)38-23-10-8-21-34(38)36-28-37-35-22-9-12-25-41(35)45(42(37)29-40(36)44)33-20-14-17-31(27-33)30-15-4-2-5-16-30/h2-22,24-29,38H,23H2,1H3. The number of aromatic nitrogens is 1. The van der Waals surface area contributed by atoms with E-state index in [-0.39, 0.29) is 5.41 Å². The molecule has 1 nitrogen and oxygen atoms in total. The van der Waals surface area contributed by atoms with Gasteiger partial charge < -0.3 is 4.57 Å². The highest BCUT2D eigenvalue weighted by molar-refractivity contribution is 7.98. The molecule has 46 heavy (non-hydrogen) atoms. The molecule has 0 saturated carbocycles. The Kier molecular flexibility index (Phi) is 6.40. The molecule has 0 bridgehead atoms. The maximum Gasteiger partial charge on any atom is 0.0544 e. The lowest BCUT2D eigenvalue weighted by Gasteiger charge is -2.39. The minimum absolute atomic E-state index is 0.302. The van der Waals surface area contributed by atoms with Crippen LogP contribution >= 0.6 is 11.8 Å². The highest BCUT2D eigenvalue weighted by Gasteiger charge is 2.52. The molecule has 0 spiro atoms. The largest absolute Gasteiger partial charge is 0.309 e. The molecule has 0 radical (unpaired) electrons. The Balaban J connectivity index is 1.41. The maximum atomic E-state index is 2.54. The number of thioether (sulfide) groups is 1. The first-order chi connectivity index (χ1) is 22.8. The highest BCUT2D eigenvalue weighted by Crippen LogP contribution is 2.61. The maximum absolute atomic E-state index is 2.54. The predicted octanol–water partition coefficient (Wildman–Crippen LogP) is 11.5. The topological polar surface area (TPSA) is 4.93 Å². The fourth-order valence-corrected chi connectivity index (χ4v) is 9.00. The molecule has 0 N–H and O–H groups in total. The number of allylic oxidation sites excluding steroid dienone is 4. The van der Waals surface area contributed by atoms with Gasteiger partial charge in [0, 0.05) is 27.3 Å². The van der Waals surface area contributed by atoms with Crippen LogP contribution in [0.2, 0.25) is 0 Å². The van der Waals surface area contributed by atoms with Crippen molar-refractivity contribution in [3.63, 3.8) is 0 Å². The van der Waals surface area contributed by atoms with Crippen molar-refractivity contribution in [2.75, 3.05) is 6.26 Å². The van der Waals surface area contributed by atoms with Gasteiger partial charge >= 0.3 is 0 Å². The van der Waals surface area contributed by atoms with Crippen molar-refractivity contribution >= 4 is 39.1 Å². The van der Waals surface area contributed by atoms with Crippen LogP contribution in [0.15, 0.2) is 169 Å². The Morgan fingerprint density at radius 3 is 2.22 bits per heavy atom. The summed E-state index contributed by atoms with van der Waals surface area (Å²) in [4.78, 5) is 1.34. The van der Waals surface area contributed by atoms with Crippen LogP contribution in [0.25, 0.3) is 44.2 Å². The van der Waals surface area contributed by atoms with Crippen molar-refractivity contribution in [1.29, 1.82) is 0 Å². The molecule has 2 unspecified atom stereocenters. The predicted molar refractivity (Wildman–Crippen MR) is 196 cm³/mol. The monoisotopic (exact) mass is 607 g/mol. The molecule has 0 fully saturated rings. The van der Waals surface area contributed by atoms with E-state index in [0.717, 1.165) is 6.42 Å². The molecule has 2 atom stereocenters. The van der Waals surface area contributed by atoms with Gasteiger partial charge in [0.25, 0.3) is 0 Å². The average Bonchev–Trinajstić information content (AvgIpc) is 3.61. The van der Waals surface area contributed by atoms with E-state index in [4.69, 9.17) is 0 Å². The Labute approximate surface area is 274 Å². The van der Waals surface area contributed by atoms with E-state index in [9.17, 15) is 0 Å². The molecule has 2 aliphatic carbocycles. The van der Waals surface area contributed by atoms with Crippen LogP contribution in [0, 0.1) is 5.92 Å². The molecule has 7 aromatic rings. The van der Waals surface area contributed by atoms with Crippen molar-refractivity contribution in [1.82, 2.24) is 4.57 Å². The van der Waals surface area contributed by atoms with Crippen molar-refractivity contribution in [2.24, 2.45) is 5.92 Å². The van der Waals surface area contributed by atoms with Gasteiger partial charge in [-0.25, -0.2) is 0 Å². The minimum Gasteiger partial charge on any atom is -0.309 e. The Bertz CT molecular complexity index is 2330. The van der Waals surface area contributed by atoms with Crippen LogP contribution in [-0.2, 0) is 5.41 Å². The zero-order valence-corrected chi connectivity index (χ0v) is 26.5. The molecule has 9 rings (SSSR count). The van der Waals surface area contributed by atoms with Gasteiger partial charge in [0.05, 0.1) is 16.4 Å². The summed E-state index contributed by atoms with van der Waals surface area (Å²) in [5.74, 6) is 0.302. The van der Waals surface area contributed by atoms with Crippen molar-refractivity contribution in [3.05, 3.63) is 186 Å². The van der Waals surface area contributed by atoms with Gasteiger partial charge in [0.1, 0.15) is 0 Å². The summed E-state index contributed by atoms with van der Waals surface area (Å²) in [6.45, 7) is 0. The van der Waals surface area contributed by atoms with Gasteiger partial charge in [-0.3, -0.25) is 0 Å². The van der Waals surface area contributed by atoms with Gasteiger partial charge in [-0.1, -0.05) is 127 Å². The summed E-state index contributed by atoms with van der Waals surface area (Å²) in [7, 11) is 0. The van der Waals surface area contributed by atoms with E-state index in [0.29, 0.717) is 5.92 Å². The van der Waals surface area contributed by atoms with Crippen LogP contribution in [0.5, 0.6) is 0 Å². The first kappa shape index (κ1) is 27.3. The lowest BCUT2D eigenvalue weighted by molar-refractivity contribution is 0.477. The molecule has 1 heterocycles. The van der Waals surface area contributed by atoms with Crippen molar-refractivity contribution < 1.29 is 0 Å². The zero-order chi connectivity index (χ0) is 30.7. The van der Waals surface area contributed by atoms with E-state index in [2.05, 4.69) is 175 Å². The lowest BCUT2D eigenvalue weighted by atomic mass is 9.63. The Morgan fingerprint density at radius 1 is 0.630 bits per heavy atom.